The predicted molar refractivity (Wildman–Crippen MR) is 71.2 cm³/mol. The molecule has 5 nitrogen and oxygen atoms in total. The minimum atomic E-state index is -1.03. The minimum absolute atomic E-state index is 0.115. The fourth-order valence-electron chi connectivity index (χ4n) is 1.66. The Morgan fingerprint density at radius 2 is 2.00 bits per heavy atom. The van der Waals surface area contributed by atoms with Gasteiger partial charge in [0.15, 0.2) is 0 Å². The third-order valence-electron chi connectivity index (χ3n) is 2.63. The fourth-order valence-corrected chi connectivity index (χ4v) is 1.66. The Bertz CT molecular complexity index is 570. The second kappa shape index (κ2) is 5.86. The first-order chi connectivity index (χ1) is 9.16. The van der Waals surface area contributed by atoms with Gasteiger partial charge in [0.1, 0.15) is 11.3 Å². The molecule has 0 spiro atoms. The van der Waals surface area contributed by atoms with Crippen molar-refractivity contribution in [3.8, 4) is 5.75 Å². The summed E-state index contributed by atoms with van der Waals surface area (Å²) in [6, 6.07) is 8.29. The zero-order chi connectivity index (χ0) is 13.7. The lowest BCUT2D eigenvalue weighted by molar-refractivity contribution is 0.0692. The van der Waals surface area contributed by atoms with Gasteiger partial charge in [0.25, 0.3) is 0 Å². The summed E-state index contributed by atoms with van der Waals surface area (Å²) in [5.41, 5.74) is 7.30. The number of nitrogen functional groups attached to an aromatic ring is 1. The van der Waals surface area contributed by atoms with Gasteiger partial charge in [-0.3, -0.25) is 4.98 Å². The van der Waals surface area contributed by atoms with Crippen LogP contribution in [-0.2, 0) is 6.42 Å². The van der Waals surface area contributed by atoms with E-state index in [9.17, 15) is 4.79 Å². The fraction of sp³-hybridized carbons (Fsp3) is 0.143. The minimum Gasteiger partial charge on any atom is -0.492 e. The van der Waals surface area contributed by atoms with Crippen LogP contribution < -0.4 is 10.5 Å². The van der Waals surface area contributed by atoms with Gasteiger partial charge in [-0.1, -0.05) is 0 Å². The molecule has 98 valence electrons. The van der Waals surface area contributed by atoms with Gasteiger partial charge in [0.2, 0.25) is 0 Å². The molecular formula is C14H14N2O3. The maximum atomic E-state index is 11.0. The number of carbonyl (C=O) groups is 1. The number of carboxylic acids is 1. The van der Waals surface area contributed by atoms with Crippen molar-refractivity contribution in [1.29, 1.82) is 0 Å². The van der Waals surface area contributed by atoms with Crippen molar-refractivity contribution >= 4 is 11.7 Å². The summed E-state index contributed by atoms with van der Waals surface area (Å²) >= 11 is 0. The maximum Gasteiger partial charge on any atom is 0.339 e. The average Bonchev–Trinajstić information content (AvgIpc) is 2.39. The van der Waals surface area contributed by atoms with E-state index in [0.717, 1.165) is 5.56 Å². The number of hydrogen-bond donors (Lipinski definition) is 2. The molecule has 0 saturated heterocycles. The van der Waals surface area contributed by atoms with Gasteiger partial charge in [0, 0.05) is 30.6 Å². The number of nitrogens with zero attached hydrogens (tertiary/aromatic N) is 1. The number of aromatic carboxylic acids is 1. The molecule has 0 unspecified atom stereocenters. The standard InChI is InChI=1S/C14H14N2O3/c15-11-1-2-12(14(17)18)13(9-11)19-8-5-10-3-6-16-7-4-10/h1-4,6-7,9H,5,8,15H2,(H,17,18). The lowest BCUT2D eigenvalue weighted by atomic mass is 10.2. The number of anilines is 1. The van der Waals surface area contributed by atoms with Crippen LogP contribution in [0.5, 0.6) is 5.75 Å². The molecular weight excluding hydrogens is 244 g/mol. The average molecular weight is 258 g/mol. The van der Waals surface area contributed by atoms with Crippen molar-refractivity contribution in [2.45, 2.75) is 6.42 Å². The molecule has 0 aliphatic heterocycles. The van der Waals surface area contributed by atoms with Gasteiger partial charge in [-0.05, 0) is 29.8 Å². The number of aromatic nitrogens is 1. The molecule has 0 atom stereocenters. The van der Waals surface area contributed by atoms with Gasteiger partial charge in [-0.2, -0.15) is 0 Å². The largest absolute Gasteiger partial charge is 0.492 e. The number of hydrogen-bond acceptors (Lipinski definition) is 4. The lowest BCUT2D eigenvalue weighted by Crippen LogP contribution is -2.07. The maximum absolute atomic E-state index is 11.0. The number of ether oxygens (including phenoxy) is 1. The van der Waals surface area contributed by atoms with E-state index >= 15 is 0 Å². The molecule has 1 heterocycles. The van der Waals surface area contributed by atoms with Crippen LogP contribution in [0.25, 0.3) is 0 Å². The Morgan fingerprint density at radius 3 is 2.68 bits per heavy atom. The molecule has 0 saturated carbocycles. The van der Waals surface area contributed by atoms with E-state index < -0.39 is 5.97 Å². The summed E-state index contributed by atoms with van der Waals surface area (Å²) in [7, 11) is 0. The number of carboxylic acid groups (broad SMARTS) is 1. The first kappa shape index (κ1) is 12.9. The molecule has 3 N–H and O–H groups in total. The summed E-state index contributed by atoms with van der Waals surface area (Å²) in [6.07, 6.45) is 4.09. The van der Waals surface area contributed by atoms with Crippen LogP contribution in [0, 0.1) is 0 Å². The molecule has 5 heteroatoms. The lowest BCUT2D eigenvalue weighted by Gasteiger charge is -2.09. The highest BCUT2D eigenvalue weighted by molar-refractivity contribution is 5.91. The Balaban J connectivity index is 2.03. The van der Waals surface area contributed by atoms with Crippen molar-refractivity contribution in [3.63, 3.8) is 0 Å². The quantitative estimate of drug-likeness (QED) is 0.801. The number of nitrogens with two attached hydrogens (primary N) is 1. The Labute approximate surface area is 110 Å². The van der Waals surface area contributed by atoms with E-state index in [1.165, 1.54) is 12.1 Å². The summed E-state index contributed by atoms with van der Waals surface area (Å²) < 4.78 is 5.50. The second-order valence-corrected chi connectivity index (χ2v) is 4.01. The number of pyridine rings is 1. The molecule has 0 amide bonds. The number of benzene rings is 1. The summed E-state index contributed by atoms with van der Waals surface area (Å²) in [5.74, 6) is -0.736. The molecule has 0 aliphatic carbocycles. The smallest absolute Gasteiger partial charge is 0.339 e. The Morgan fingerprint density at radius 1 is 1.26 bits per heavy atom. The van der Waals surface area contributed by atoms with Crippen molar-refractivity contribution < 1.29 is 14.6 Å². The highest BCUT2D eigenvalue weighted by Crippen LogP contribution is 2.22. The molecule has 1 aromatic carbocycles. The molecule has 0 aliphatic rings. The zero-order valence-corrected chi connectivity index (χ0v) is 10.2. The van der Waals surface area contributed by atoms with Crippen LogP contribution in [0.2, 0.25) is 0 Å². The predicted octanol–water partition coefficient (Wildman–Crippen LogP) is 1.98. The third-order valence-corrected chi connectivity index (χ3v) is 2.63. The normalized spacial score (nSPS) is 10.1. The summed E-state index contributed by atoms with van der Waals surface area (Å²) in [6.45, 7) is 0.383. The first-order valence-corrected chi connectivity index (χ1v) is 5.81. The van der Waals surface area contributed by atoms with Crippen molar-refractivity contribution in [3.05, 3.63) is 53.9 Å². The molecule has 2 rings (SSSR count). The van der Waals surface area contributed by atoms with Gasteiger partial charge >= 0.3 is 5.97 Å². The zero-order valence-electron chi connectivity index (χ0n) is 10.2. The molecule has 19 heavy (non-hydrogen) atoms. The third kappa shape index (κ3) is 3.45. The van der Waals surface area contributed by atoms with E-state index in [-0.39, 0.29) is 5.56 Å². The van der Waals surface area contributed by atoms with Crippen LogP contribution in [0.4, 0.5) is 5.69 Å². The first-order valence-electron chi connectivity index (χ1n) is 5.81. The molecule has 0 fully saturated rings. The molecule has 1 aromatic heterocycles. The van der Waals surface area contributed by atoms with Crippen LogP contribution in [-0.4, -0.2) is 22.7 Å². The monoisotopic (exact) mass is 258 g/mol. The van der Waals surface area contributed by atoms with E-state index in [1.807, 2.05) is 12.1 Å². The van der Waals surface area contributed by atoms with Crippen molar-refractivity contribution in [1.82, 2.24) is 4.98 Å². The highest BCUT2D eigenvalue weighted by atomic mass is 16.5. The topological polar surface area (TPSA) is 85.4 Å². The SMILES string of the molecule is Nc1ccc(C(=O)O)c(OCCc2ccncc2)c1. The molecule has 0 bridgehead atoms. The molecule has 0 radical (unpaired) electrons. The van der Waals surface area contributed by atoms with Crippen LogP contribution in [0.1, 0.15) is 15.9 Å². The van der Waals surface area contributed by atoms with Crippen LogP contribution >= 0.6 is 0 Å². The van der Waals surface area contributed by atoms with Gasteiger partial charge in [0.05, 0.1) is 6.61 Å². The number of rotatable bonds is 5. The summed E-state index contributed by atoms with van der Waals surface area (Å²) in [5, 5.41) is 9.04. The van der Waals surface area contributed by atoms with E-state index in [2.05, 4.69) is 4.98 Å². The van der Waals surface area contributed by atoms with Gasteiger partial charge in [-0.25, -0.2) is 4.79 Å². The van der Waals surface area contributed by atoms with Crippen LogP contribution in [0.3, 0.4) is 0 Å². The Hall–Kier alpha value is -2.56. The van der Waals surface area contributed by atoms with Gasteiger partial charge < -0.3 is 15.6 Å². The molecule has 2 aromatic rings. The van der Waals surface area contributed by atoms with E-state index in [1.54, 1.807) is 18.5 Å². The van der Waals surface area contributed by atoms with Gasteiger partial charge in [-0.15, -0.1) is 0 Å². The van der Waals surface area contributed by atoms with Crippen molar-refractivity contribution in [2.24, 2.45) is 0 Å². The van der Waals surface area contributed by atoms with E-state index in [4.69, 9.17) is 15.6 Å². The van der Waals surface area contributed by atoms with Crippen LogP contribution in [0.15, 0.2) is 42.7 Å². The summed E-state index contributed by atoms with van der Waals surface area (Å²) in [4.78, 5) is 15.0. The van der Waals surface area contributed by atoms with Crippen molar-refractivity contribution in [2.75, 3.05) is 12.3 Å². The van der Waals surface area contributed by atoms with E-state index in [0.29, 0.717) is 24.5 Å². The highest BCUT2D eigenvalue weighted by Gasteiger charge is 2.11. The Kier molecular flexibility index (Phi) is 3.97. The second-order valence-electron chi connectivity index (χ2n) is 4.01.